The molecule has 0 atom stereocenters. The average molecular weight is 259 g/mol. The Balaban J connectivity index is 2.08. The molecule has 0 aliphatic heterocycles. The molecule has 1 heterocycles. The van der Waals surface area contributed by atoms with Gasteiger partial charge in [-0.1, -0.05) is 34.4 Å². The lowest BCUT2D eigenvalue weighted by Crippen LogP contribution is -2.18. The largest absolute Gasteiger partial charge is 0.365 e. The number of rotatable bonds is 3. The Labute approximate surface area is 101 Å². The number of nitrogen functional groups attached to an aromatic ring is 1. The summed E-state index contributed by atoms with van der Waals surface area (Å²) in [5.41, 5.74) is 9.25. The summed E-state index contributed by atoms with van der Waals surface area (Å²) in [4.78, 5) is 1.27. The van der Waals surface area contributed by atoms with Crippen LogP contribution in [0.5, 0.6) is 0 Å². The van der Waals surface area contributed by atoms with Gasteiger partial charge in [0.1, 0.15) is 0 Å². The van der Waals surface area contributed by atoms with Crippen molar-refractivity contribution >= 4 is 29.2 Å². The van der Waals surface area contributed by atoms with Crippen molar-refractivity contribution in [2.75, 3.05) is 11.2 Å². The average Bonchev–Trinajstić information content (AvgIpc) is 2.63. The van der Waals surface area contributed by atoms with E-state index >= 15 is 0 Å². The van der Waals surface area contributed by atoms with Crippen LogP contribution in [0.2, 0.25) is 10.0 Å². The molecule has 3 N–H and O–H groups in total. The van der Waals surface area contributed by atoms with Crippen molar-refractivity contribution in [1.82, 2.24) is 20.3 Å². The zero-order chi connectivity index (χ0) is 11.5. The summed E-state index contributed by atoms with van der Waals surface area (Å²) >= 11 is 11.8. The molecule has 0 saturated heterocycles. The van der Waals surface area contributed by atoms with Gasteiger partial charge in [0, 0.05) is 10.0 Å². The summed E-state index contributed by atoms with van der Waals surface area (Å²) in [5.74, 6) is 0.185. The molecule has 1 aromatic heterocycles. The van der Waals surface area contributed by atoms with Crippen LogP contribution in [0.15, 0.2) is 18.2 Å². The van der Waals surface area contributed by atoms with E-state index in [9.17, 15) is 0 Å². The van der Waals surface area contributed by atoms with Crippen LogP contribution in [0.1, 0.15) is 5.56 Å². The van der Waals surface area contributed by atoms with Gasteiger partial charge in [-0.25, -0.2) is 0 Å². The second-order valence-corrected chi connectivity index (χ2v) is 3.86. The molecule has 2 aromatic rings. The number of benzene rings is 1. The van der Waals surface area contributed by atoms with Gasteiger partial charge in [-0.15, -0.1) is 4.79 Å². The van der Waals surface area contributed by atoms with Gasteiger partial charge in [0.25, 0.3) is 5.95 Å². The van der Waals surface area contributed by atoms with Gasteiger partial charge in [0.2, 0.25) is 0 Å². The van der Waals surface area contributed by atoms with Gasteiger partial charge in [0.05, 0.1) is 6.54 Å². The molecule has 84 valence electrons. The van der Waals surface area contributed by atoms with Gasteiger partial charge in [-0.2, -0.15) is 0 Å². The number of nitrogens with two attached hydrogens (primary N) is 1. The smallest absolute Gasteiger partial charge is 0.260 e. The summed E-state index contributed by atoms with van der Waals surface area (Å²) in [5, 5.41) is 11.7. The zero-order valence-electron chi connectivity index (χ0n) is 8.06. The van der Waals surface area contributed by atoms with Crippen LogP contribution < -0.4 is 11.2 Å². The summed E-state index contributed by atoms with van der Waals surface area (Å²) in [6.45, 7) is 0.450. The fourth-order valence-corrected chi connectivity index (χ4v) is 1.61. The van der Waals surface area contributed by atoms with E-state index in [0.717, 1.165) is 5.56 Å². The number of halogens is 2. The summed E-state index contributed by atoms with van der Waals surface area (Å²) in [7, 11) is 0. The molecule has 0 amide bonds. The van der Waals surface area contributed by atoms with E-state index in [2.05, 4.69) is 21.0 Å². The Bertz CT molecular complexity index is 497. The van der Waals surface area contributed by atoms with E-state index in [0.29, 0.717) is 16.6 Å². The zero-order valence-corrected chi connectivity index (χ0v) is 9.57. The molecule has 1 aromatic carbocycles. The topological polar surface area (TPSA) is 81.7 Å². The highest BCUT2D eigenvalue weighted by molar-refractivity contribution is 6.35. The van der Waals surface area contributed by atoms with Crippen molar-refractivity contribution in [1.29, 1.82) is 0 Å². The quantitative estimate of drug-likeness (QED) is 0.868. The first-order valence-electron chi connectivity index (χ1n) is 4.38. The van der Waals surface area contributed by atoms with Gasteiger partial charge in [0.15, 0.2) is 0 Å². The summed E-state index contributed by atoms with van der Waals surface area (Å²) < 4.78 is 0. The number of aromatic nitrogens is 4. The van der Waals surface area contributed by atoms with Gasteiger partial charge >= 0.3 is 0 Å². The van der Waals surface area contributed by atoms with Crippen LogP contribution in [0.3, 0.4) is 0 Å². The number of nitrogens with zero attached hydrogens (tertiary/aromatic N) is 4. The first kappa shape index (κ1) is 11.0. The maximum atomic E-state index is 5.99. The Morgan fingerprint density at radius 1 is 1.38 bits per heavy atom. The van der Waals surface area contributed by atoms with E-state index in [1.165, 1.54) is 4.79 Å². The Morgan fingerprint density at radius 3 is 2.81 bits per heavy atom. The highest BCUT2D eigenvalue weighted by Crippen LogP contribution is 2.20. The van der Waals surface area contributed by atoms with E-state index < -0.39 is 0 Å². The van der Waals surface area contributed by atoms with E-state index in [4.69, 9.17) is 28.9 Å². The van der Waals surface area contributed by atoms with E-state index in [1.54, 1.807) is 12.1 Å². The molecular weight excluding hydrogens is 251 g/mol. The van der Waals surface area contributed by atoms with Crippen molar-refractivity contribution in [3.05, 3.63) is 33.8 Å². The van der Waals surface area contributed by atoms with Crippen LogP contribution in [-0.2, 0) is 6.54 Å². The third kappa shape index (κ3) is 2.34. The second kappa shape index (κ2) is 4.54. The molecule has 0 fully saturated rings. The second-order valence-electron chi connectivity index (χ2n) is 3.02. The lowest BCUT2D eigenvalue weighted by atomic mass is 10.2. The van der Waals surface area contributed by atoms with Crippen LogP contribution in [0, 0.1) is 0 Å². The minimum absolute atomic E-state index is 0.185. The van der Waals surface area contributed by atoms with E-state index in [1.807, 2.05) is 6.07 Å². The maximum absolute atomic E-state index is 5.99. The van der Waals surface area contributed by atoms with Crippen molar-refractivity contribution in [3.63, 3.8) is 0 Å². The number of nitrogens with one attached hydrogen (secondary N) is 1. The molecule has 2 rings (SSSR count). The van der Waals surface area contributed by atoms with Crippen molar-refractivity contribution in [2.24, 2.45) is 0 Å². The molecule has 0 aliphatic carbocycles. The lowest BCUT2D eigenvalue weighted by molar-refractivity contribution is 0.693. The van der Waals surface area contributed by atoms with Gasteiger partial charge in [-0.05, 0) is 28.1 Å². The molecule has 8 heteroatoms. The molecule has 0 aliphatic rings. The van der Waals surface area contributed by atoms with Crippen LogP contribution in [0.25, 0.3) is 0 Å². The Kier molecular flexibility index (Phi) is 3.12. The maximum Gasteiger partial charge on any atom is 0.260 e. The molecule has 0 bridgehead atoms. The molecule has 0 spiro atoms. The monoisotopic (exact) mass is 258 g/mol. The van der Waals surface area contributed by atoms with Crippen molar-refractivity contribution in [2.45, 2.75) is 6.54 Å². The van der Waals surface area contributed by atoms with Gasteiger partial charge < -0.3 is 11.2 Å². The van der Waals surface area contributed by atoms with Crippen molar-refractivity contribution in [3.8, 4) is 0 Å². The molecular formula is C8H8Cl2N6. The lowest BCUT2D eigenvalue weighted by Gasteiger charge is -2.07. The van der Waals surface area contributed by atoms with Crippen LogP contribution >= 0.6 is 23.2 Å². The molecule has 6 nitrogen and oxygen atoms in total. The Hall–Kier alpha value is -1.53. The predicted molar refractivity (Wildman–Crippen MR) is 61.8 cm³/mol. The molecule has 0 saturated carbocycles. The summed E-state index contributed by atoms with van der Waals surface area (Å²) in [6.07, 6.45) is 0. The first-order chi connectivity index (χ1) is 7.66. The van der Waals surface area contributed by atoms with E-state index in [-0.39, 0.29) is 5.95 Å². The van der Waals surface area contributed by atoms with Crippen LogP contribution in [-0.4, -0.2) is 20.3 Å². The first-order valence-corrected chi connectivity index (χ1v) is 5.14. The fraction of sp³-hybridized carbons (Fsp3) is 0.125. The summed E-state index contributed by atoms with van der Waals surface area (Å²) in [6, 6.07) is 5.24. The number of anilines is 1. The number of hydrogen-bond donors (Lipinski definition) is 2. The SMILES string of the molecule is Nc1nnnn1NCc1ccc(Cl)cc1Cl. The highest BCUT2D eigenvalue weighted by atomic mass is 35.5. The number of tetrazole rings is 1. The third-order valence-corrected chi connectivity index (χ3v) is 2.51. The fourth-order valence-electron chi connectivity index (χ4n) is 1.13. The molecule has 16 heavy (non-hydrogen) atoms. The van der Waals surface area contributed by atoms with Gasteiger partial charge in [-0.3, -0.25) is 0 Å². The minimum atomic E-state index is 0.185. The van der Waals surface area contributed by atoms with Crippen LogP contribution in [0.4, 0.5) is 5.95 Å². The Morgan fingerprint density at radius 2 is 2.19 bits per heavy atom. The third-order valence-electron chi connectivity index (χ3n) is 1.93. The molecule has 0 radical (unpaired) electrons. The highest BCUT2D eigenvalue weighted by Gasteiger charge is 2.03. The minimum Gasteiger partial charge on any atom is -0.365 e. The molecule has 0 unspecified atom stereocenters. The van der Waals surface area contributed by atoms with Crippen molar-refractivity contribution < 1.29 is 0 Å². The predicted octanol–water partition coefficient (Wildman–Crippen LogP) is 1.31. The standard InChI is InChI=1S/C8H8Cl2N6/c9-6-2-1-5(7(10)3-6)4-12-16-8(11)13-14-15-16/h1-3,12H,4H2,(H2,11,13,15). The normalized spacial score (nSPS) is 10.4. The number of hydrogen-bond acceptors (Lipinski definition) is 5.